The number of ether oxygens (including phenoxy) is 2. The molecule has 0 radical (unpaired) electrons. The molecule has 0 aliphatic carbocycles. The lowest BCUT2D eigenvalue weighted by Crippen LogP contribution is -2.32. The van der Waals surface area contributed by atoms with E-state index in [4.69, 9.17) is 13.9 Å². The van der Waals surface area contributed by atoms with E-state index in [0.717, 1.165) is 0 Å². The Morgan fingerprint density at radius 3 is 2.50 bits per heavy atom. The van der Waals surface area contributed by atoms with Crippen LogP contribution in [0.15, 0.2) is 52.7 Å². The Labute approximate surface area is 150 Å². The number of carbonyl (C=O) groups excluding carboxylic acids is 2. The number of rotatable bonds is 6. The van der Waals surface area contributed by atoms with Crippen LogP contribution in [0, 0.1) is 0 Å². The minimum Gasteiger partial charge on any atom is -0.507 e. The molecule has 0 bridgehead atoms. The molecule has 1 aliphatic heterocycles. The van der Waals surface area contributed by atoms with Crippen LogP contribution in [0.2, 0.25) is 0 Å². The van der Waals surface area contributed by atoms with Gasteiger partial charge < -0.3 is 23.9 Å². The molecule has 1 N–H and O–H groups in total. The fourth-order valence-corrected chi connectivity index (χ4v) is 2.95. The number of ketones is 1. The molecule has 136 valence electrons. The Morgan fingerprint density at radius 2 is 1.92 bits per heavy atom. The molecule has 2 aromatic rings. The fourth-order valence-electron chi connectivity index (χ4n) is 2.95. The van der Waals surface area contributed by atoms with E-state index < -0.39 is 17.7 Å². The molecule has 1 saturated heterocycles. The molecule has 2 heterocycles. The quantitative estimate of drug-likeness (QED) is 0.485. The molecular weight excluding hydrogens is 338 g/mol. The molecule has 0 spiro atoms. The monoisotopic (exact) mass is 357 g/mol. The van der Waals surface area contributed by atoms with Crippen LogP contribution in [0.25, 0.3) is 5.76 Å². The average Bonchev–Trinajstić information content (AvgIpc) is 3.27. The molecule has 0 saturated carbocycles. The summed E-state index contributed by atoms with van der Waals surface area (Å²) in [5.74, 6) is -0.693. The average molecular weight is 357 g/mol. The van der Waals surface area contributed by atoms with Gasteiger partial charge in [-0.2, -0.15) is 0 Å². The molecule has 1 aromatic carbocycles. The minimum absolute atomic E-state index is 0.00813. The topological polar surface area (TPSA) is 89.2 Å². The normalized spacial score (nSPS) is 19.2. The van der Waals surface area contributed by atoms with E-state index in [1.54, 1.807) is 36.4 Å². The van der Waals surface area contributed by atoms with E-state index in [-0.39, 0.29) is 24.5 Å². The van der Waals surface area contributed by atoms with Crippen molar-refractivity contribution in [2.75, 3.05) is 27.4 Å². The highest BCUT2D eigenvalue weighted by Gasteiger charge is 2.47. The largest absolute Gasteiger partial charge is 0.507 e. The van der Waals surface area contributed by atoms with Crippen LogP contribution in [-0.4, -0.2) is 49.1 Å². The van der Waals surface area contributed by atoms with Crippen LogP contribution < -0.4 is 4.74 Å². The standard InChI is InChI=1S/C19H19NO6/c1-24-11-9-20-16(14-4-3-10-26-14)15(18(22)19(20)23)17(21)12-5-7-13(25-2)8-6-12/h3-8,10,16,21H,9,11H2,1-2H3/t16-/m0/s1. The molecular formula is C19H19NO6. The summed E-state index contributed by atoms with van der Waals surface area (Å²) in [6, 6.07) is 9.10. The smallest absolute Gasteiger partial charge is 0.295 e. The Hall–Kier alpha value is -3.06. The number of aliphatic hydroxyl groups is 1. The predicted molar refractivity (Wildman–Crippen MR) is 92.6 cm³/mol. The van der Waals surface area contributed by atoms with E-state index in [1.165, 1.54) is 25.4 Å². The zero-order chi connectivity index (χ0) is 18.7. The van der Waals surface area contributed by atoms with Crippen molar-refractivity contribution in [3.8, 4) is 5.75 Å². The number of hydrogen-bond donors (Lipinski definition) is 1. The summed E-state index contributed by atoms with van der Waals surface area (Å²) in [7, 11) is 3.04. The van der Waals surface area contributed by atoms with Crippen molar-refractivity contribution in [2.24, 2.45) is 0 Å². The number of benzene rings is 1. The van der Waals surface area contributed by atoms with Crippen LogP contribution in [0.5, 0.6) is 5.75 Å². The summed E-state index contributed by atoms with van der Waals surface area (Å²) in [5, 5.41) is 10.8. The Balaban J connectivity index is 2.09. The van der Waals surface area contributed by atoms with Gasteiger partial charge in [0.15, 0.2) is 0 Å². The Morgan fingerprint density at radius 1 is 1.19 bits per heavy atom. The van der Waals surface area contributed by atoms with Crippen molar-refractivity contribution in [3.63, 3.8) is 0 Å². The van der Waals surface area contributed by atoms with Gasteiger partial charge in [0.2, 0.25) is 0 Å². The molecule has 1 atom stereocenters. The highest BCUT2D eigenvalue weighted by Crippen LogP contribution is 2.39. The van der Waals surface area contributed by atoms with Crippen molar-refractivity contribution >= 4 is 17.4 Å². The van der Waals surface area contributed by atoms with Crippen LogP contribution in [0.3, 0.4) is 0 Å². The number of Topliss-reactive ketones (excluding diaryl/α,β-unsaturated/α-hetero) is 1. The molecule has 7 nitrogen and oxygen atoms in total. The van der Waals surface area contributed by atoms with Crippen molar-refractivity contribution in [1.29, 1.82) is 0 Å². The highest BCUT2D eigenvalue weighted by molar-refractivity contribution is 6.46. The molecule has 1 fully saturated rings. The molecule has 1 aromatic heterocycles. The van der Waals surface area contributed by atoms with Crippen molar-refractivity contribution in [1.82, 2.24) is 4.90 Å². The third kappa shape index (κ3) is 3.09. The third-order valence-corrected chi connectivity index (χ3v) is 4.25. The lowest BCUT2D eigenvalue weighted by molar-refractivity contribution is -0.140. The summed E-state index contributed by atoms with van der Waals surface area (Å²) in [4.78, 5) is 26.4. The van der Waals surface area contributed by atoms with Gasteiger partial charge in [-0.3, -0.25) is 9.59 Å². The predicted octanol–water partition coefficient (Wildman–Crippen LogP) is 2.36. The van der Waals surface area contributed by atoms with Gasteiger partial charge in [0, 0.05) is 19.2 Å². The van der Waals surface area contributed by atoms with Gasteiger partial charge in [-0.25, -0.2) is 0 Å². The van der Waals surface area contributed by atoms with E-state index in [9.17, 15) is 14.7 Å². The SMILES string of the molecule is COCCN1C(=O)C(=O)C(=C(O)c2ccc(OC)cc2)[C@@H]1c1ccco1. The van der Waals surface area contributed by atoms with E-state index >= 15 is 0 Å². The summed E-state index contributed by atoms with van der Waals surface area (Å²) in [6.45, 7) is 0.457. The number of hydrogen-bond acceptors (Lipinski definition) is 6. The first-order valence-electron chi connectivity index (χ1n) is 8.03. The maximum atomic E-state index is 12.6. The lowest BCUT2D eigenvalue weighted by atomic mass is 9.99. The van der Waals surface area contributed by atoms with E-state index in [0.29, 0.717) is 17.1 Å². The van der Waals surface area contributed by atoms with Gasteiger partial charge in [0.05, 0.1) is 25.6 Å². The molecule has 3 rings (SSSR count). The van der Waals surface area contributed by atoms with Crippen LogP contribution >= 0.6 is 0 Å². The van der Waals surface area contributed by atoms with Gasteiger partial charge in [-0.1, -0.05) is 0 Å². The maximum Gasteiger partial charge on any atom is 0.295 e. The van der Waals surface area contributed by atoms with Crippen LogP contribution in [0.1, 0.15) is 17.4 Å². The zero-order valence-corrected chi connectivity index (χ0v) is 14.5. The summed E-state index contributed by atoms with van der Waals surface area (Å²) < 4.78 is 15.6. The number of methoxy groups -OCH3 is 2. The van der Waals surface area contributed by atoms with E-state index in [2.05, 4.69) is 0 Å². The molecule has 26 heavy (non-hydrogen) atoms. The molecule has 0 unspecified atom stereocenters. The summed E-state index contributed by atoms with van der Waals surface area (Å²) >= 11 is 0. The van der Waals surface area contributed by atoms with Crippen molar-refractivity contribution in [3.05, 3.63) is 59.6 Å². The second kappa shape index (κ2) is 7.45. The highest BCUT2D eigenvalue weighted by atomic mass is 16.5. The van der Waals surface area contributed by atoms with Gasteiger partial charge >= 0.3 is 0 Å². The third-order valence-electron chi connectivity index (χ3n) is 4.25. The summed E-state index contributed by atoms with van der Waals surface area (Å²) in [6.07, 6.45) is 1.46. The Bertz CT molecular complexity index is 822. The summed E-state index contributed by atoms with van der Waals surface area (Å²) in [5.41, 5.74) is 0.401. The molecule has 7 heteroatoms. The van der Waals surface area contributed by atoms with Crippen LogP contribution in [0.4, 0.5) is 0 Å². The van der Waals surface area contributed by atoms with Crippen molar-refractivity contribution < 1.29 is 28.6 Å². The van der Waals surface area contributed by atoms with Gasteiger partial charge in [-0.05, 0) is 36.4 Å². The first kappa shape index (κ1) is 17.8. The fraction of sp³-hybridized carbons (Fsp3) is 0.263. The molecule has 1 aliphatic rings. The lowest BCUT2D eigenvalue weighted by Gasteiger charge is -2.22. The number of carbonyl (C=O) groups is 2. The number of amides is 1. The van der Waals surface area contributed by atoms with Gasteiger partial charge in [-0.15, -0.1) is 0 Å². The van der Waals surface area contributed by atoms with Gasteiger partial charge in [0.25, 0.3) is 11.7 Å². The Kier molecular flexibility index (Phi) is 5.09. The zero-order valence-electron chi connectivity index (χ0n) is 14.5. The maximum absolute atomic E-state index is 12.6. The van der Waals surface area contributed by atoms with Gasteiger partial charge in [0.1, 0.15) is 23.3 Å². The number of furan rings is 1. The number of likely N-dealkylation sites (tertiary alicyclic amines) is 1. The first-order chi connectivity index (χ1) is 12.6. The second-order valence-corrected chi connectivity index (χ2v) is 5.73. The van der Waals surface area contributed by atoms with Crippen molar-refractivity contribution in [2.45, 2.75) is 6.04 Å². The second-order valence-electron chi connectivity index (χ2n) is 5.73. The van der Waals surface area contributed by atoms with Crippen LogP contribution in [-0.2, 0) is 14.3 Å². The first-order valence-corrected chi connectivity index (χ1v) is 8.03. The number of nitrogens with zero attached hydrogens (tertiary/aromatic N) is 1. The number of aliphatic hydroxyl groups excluding tert-OH is 1. The van der Waals surface area contributed by atoms with E-state index in [1.807, 2.05) is 0 Å². The molecule has 1 amide bonds. The minimum atomic E-state index is -0.803.